The number of anilines is 2. The fourth-order valence-corrected chi connectivity index (χ4v) is 1.53. The van der Waals surface area contributed by atoms with Gasteiger partial charge in [0.25, 0.3) is 0 Å². The van der Waals surface area contributed by atoms with Gasteiger partial charge < -0.3 is 15.2 Å². The first kappa shape index (κ1) is 12.1. The number of benzene rings is 1. The maximum atomic E-state index is 11.1. The van der Waals surface area contributed by atoms with E-state index >= 15 is 0 Å². The molecule has 0 bridgehead atoms. The summed E-state index contributed by atoms with van der Waals surface area (Å²) in [4.78, 5) is 15.1. The average molecular weight is 246 g/mol. The fourth-order valence-electron chi connectivity index (χ4n) is 1.53. The molecule has 0 aliphatic carbocycles. The van der Waals surface area contributed by atoms with E-state index in [1.807, 2.05) is 24.3 Å². The number of carbonyl (C=O) groups is 1. The van der Waals surface area contributed by atoms with Gasteiger partial charge in [-0.3, -0.25) is 4.79 Å². The Morgan fingerprint density at radius 1 is 1.39 bits per heavy atom. The second-order valence-corrected chi connectivity index (χ2v) is 3.84. The monoisotopic (exact) mass is 246 g/mol. The molecule has 0 aliphatic heterocycles. The molecule has 0 saturated carbocycles. The number of para-hydroxylation sites is 1. The minimum Gasteiger partial charge on any atom is -0.334 e. The predicted octanol–water partition coefficient (Wildman–Crippen LogP) is 1.95. The summed E-state index contributed by atoms with van der Waals surface area (Å²) in [5.41, 5.74) is 1.72. The Labute approximate surface area is 104 Å². The molecule has 6 nitrogen and oxygen atoms in total. The normalized spacial score (nSPS) is 10.1. The highest BCUT2D eigenvalue weighted by Gasteiger charge is 2.05. The van der Waals surface area contributed by atoms with Crippen LogP contribution in [0.1, 0.15) is 18.3 Å². The van der Waals surface area contributed by atoms with Crippen LogP contribution in [0, 0.1) is 6.92 Å². The molecule has 18 heavy (non-hydrogen) atoms. The van der Waals surface area contributed by atoms with Crippen LogP contribution in [0.2, 0.25) is 0 Å². The van der Waals surface area contributed by atoms with Crippen molar-refractivity contribution in [3.8, 4) is 0 Å². The van der Waals surface area contributed by atoms with E-state index in [1.165, 1.54) is 6.92 Å². The number of nitrogens with one attached hydrogen (secondary N) is 2. The lowest BCUT2D eigenvalue weighted by Crippen LogP contribution is -2.10. The van der Waals surface area contributed by atoms with E-state index in [0.29, 0.717) is 18.4 Å². The van der Waals surface area contributed by atoms with E-state index in [1.54, 1.807) is 6.92 Å². The Balaban J connectivity index is 2.06. The van der Waals surface area contributed by atoms with Gasteiger partial charge in [-0.1, -0.05) is 23.4 Å². The molecule has 0 spiro atoms. The van der Waals surface area contributed by atoms with Crippen LogP contribution in [-0.2, 0) is 11.3 Å². The molecule has 94 valence electrons. The predicted molar refractivity (Wildman–Crippen MR) is 67.1 cm³/mol. The van der Waals surface area contributed by atoms with Crippen molar-refractivity contribution in [3.63, 3.8) is 0 Å². The summed E-state index contributed by atoms with van der Waals surface area (Å²) < 4.78 is 4.95. The van der Waals surface area contributed by atoms with Gasteiger partial charge >= 0.3 is 6.01 Å². The Hall–Kier alpha value is -2.37. The van der Waals surface area contributed by atoms with E-state index in [-0.39, 0.29) is 5.91 Å². The summed E-state index contributed by atoms with van der Waals surface area (Å²) in [6, 6.07) is 7.90. The van der Waals surface area contributed by atoms with E-state index in [9.17, 15) is 4.79 Å². The first-order valence-corrected chi connectivity index (χ1v) is 5.55. The molecule has 2 N–H and O–H groups in total. The molecule has 1 aromatic carbocycles. The number of rotatable bonds is 4. The van der Waals surface area contributed by atoms with Gasteiger partial charge in [-0.15, -0.1) is 0 Å². The Kier molecular flexibility index (Phi) is 3.57. The number of amides is 1. The molecule has 2 rings (SSSR count). The molecular weight excluding hydrogens is 232 g/mol. The highest BCUT2D eigenvalue weighted by molar-refractivity contribution is 5.89. The molecular formula is C12H14N4O2. The van der Waals surface area contributed by atoms with Crippen molar-refractivity contribution in [2.75, 3.05) is 10.6 Å². The average Bonchev–Trinajstić information content (AvgIpc) is 2.73. The highest BCUT2D eigenvalue weighted by Crippen LogP contribution is 2.16. The van der Waals surface area contributed by atoms with Crippen LogP contribution < -0.4 is 10.6 Å². The summed E-state index contributed by atoms with van der Waals surface area (Å²) in [6.45, 7) is 3.73. The van der Waals surface area contributed by atoms with Crippen molar-refractivity contribution < 1.29 is 9.32 Å². The fraction of sp³-hybridized carbons (Fsp3) is 0.250. The molecule has 6 heteroatoms. The van der Waals surface area contributed by atoms with Crippen LogP contribution in [-0.4, -0.2) is 16.0 Å². The standard InChI is InChI=1S/C12H14N4O2/c1-8-14-12(18-16-8)13-7-10-5-3-4-6-11(10)15-9(2)17/h3-6H,7H2,1-2H3,(H,15,17)(H,13,14,16). The molecule has 0 saturated heterocycles. The number of aromatic nitrogens is 2. The maximum absolute atomic E-state index is 11.1. The Morgan fingerprint density at radius 3 is 2.83 bits per heavy atom. The van der Waals surface area contributed by atoms with Crippen molar-refractivity contribution in [3.05, 3.63) is 35.7 Å². The lowest BCUT2D eigenvalue weighted by Gasteiger charge is -2.09. The minimum absolute atomic E-state index is 0.101. The quantitative estimate of drug-likeness (QED) is 0.861. The third-order valence-electron chi connectivity index (χ3n) is 2.29. The zero-order chi connectivity index (χ0) is 13.0. The van der Waals surface area contributed by atoms with Crippen molar-refractivity contribution in [1.29, 1.82) is 0 Å². The van der Waals surface area contributed by atoms with E-state index in [0.717, 1.165) is 11.3 Å². The van der Waals surface area contributed by atoms with Crippen molar-refractivity contribution in [2.24, 2.45) is 0 Å². The van der Waals surface area contributed by atoms with Gasteiger partial charge in [0.15, 0.2) is 5.82 Å². The van der Waals surface area contributed by atoms with Gasteiger partial charge in [0.2, 0.25) is 5.91 Å². The maximum Gasteiger partial charge on any atom is 0.321 e. The molecule has 0 aliphatic rings. The van der Waals surface area contributed by atoms with Gasteiger partial charge in [0.1, 0.15) is 0 Å². The van der Waals surface area contributed by atoms with Crippen LogP contribution in [0.5, 0.6) is 0 Å². The highest BCUT2D eigenvalue weighted by atomic mass is 16.5. The lowest BCUT2D eigenvalue weighted by atomic mass is 10.2. The van der Waals surface area contributed by atoms with Crippen molar-refractivity contribution in [2.45, 2.75) is 20.4 Å². The van der Waals surface area contributed by atoms with Crippen molar-refractivity contribution >= 4 is 17.6 Å². The molecule has 0 atom stereocenters. The first-order chi connectivity index (χ1) is 8.65. The third-order valence-corrected chi connectivity index (χ3v) is 2.29. The van der Waals surface area contributed by atoms with Crippen molar-refractivity contribution in [1.82, 2.24) is 10.1 Å². The zero-order valence-corrected chi connectivity index (χ0v) is 10.2. The summed E-state index contributed by atoms with van der Waals surface area (Å²) in [6.07, 6.45) is 0. The Morgan fingerprint density at radius 2 is 2.17 bits per heavy atom. The minimum atomic E-state index is -0.101. The lowest BCUT2D eigenvalue weighted by molar-refractivity contribution is -0.114. The zero-order valence-electron chi connectivity index (χ0n) is 10.2. The largest absolute Gasteiger partial charge is 0.334 e. The van der Waals surface area contributed by atoms with Crippen LogP contribution >= 0.6 is 0 Å². The molecule has 1 heterocycles. The third kappa shape index (κ3) is 3.07. The number of hydrogen-bond donors (Lipinski definition) is 2. The number of nitrogens with zero attached hydrogens (tertiary/aromatic N) is 2. The summed E-state index contributed by atoms with van der Waals surface area (Å²) >= 11 is 0. The molecule has 0 unspecified atom stereocenters. The van der Waals surface area contributed by atoms with Gasteiger partial charge in [-0.05, 0) is 18.6 Å². The second-order valence-electron chi connectivity index (χ2n) is 3.84. The van der Waals surface area contributed by atoms with Crippen LogP contribution in [0.15, 0.2) is 28.8 Å². The van der Waals surface area contributed by atoms with Crippen LogP contribution in [0.3, 0.4) is 0 Å². The summed E-state index contributed by atoms with van der Waals surface area (Å²) in [5.74, 6) is 0.476. The first-order valence-electron chi connectivity index (χ1n) is 5.55. The van der Waals surface area contributed by atoms with E-state index < -0.39 is 0 Å². The number of aryl methyl sites for hydroxylation is 1. The smallest absolute Gasteiger partial charge is 0.321 e. The van der Waals surface area contributed by atoms with E-state index in [4.69, 9.17) is 4.52 Å². The number of carbonyl (C=O) groups excluding carboxylic acids is 1. The van der Waals surface area contributed by atoms with E-state index in [2.05, 4.69) is 20.8 Å². The van der Waals surface area contributed by atoms with Gasteiger partial charge in [0, 0.05) is 19.2 Å². The molecule has 1 aromatic heterocycles. The summed E-state index contributed by atoms with van der Waals surface area (Å²) in [5, 5.41) is 9.45. The molecule has 1 amide bonds. The molecule has 0 fully saturated rings. The summed E-state index contributed by atoms with van der Waals surface area (Å²) in [7, 11) is 0. The van der Waals surface area contributed by atoms with Crippen LogP contribution in [0.4, 0.5) is 11.7 Å². The number of hydrogen-bond acceptors (Lipinski definition) is 5. The van der Waals surface area contributed by atoms with Gasteiger partial charge in [-0.2, -0.15) is 4.98 Å². The molecule has 2 aromatic rings. The Bertz CT molecular complexity index is 551. The second kappa shape index (κ2) is 5.31. The van der Waals surface area contributed by atoms with Gasteiger partial charge in [0.05, 0.1) is 0 Å². The van der Waals surface area contributed by atoms with Crippen LogP contribution in [0.25, 0.3) is 0 Å². The SMILES string of the molecule is CC(=O)Nc1ccccc1CNc1nc(C)no1. The molecule has 0 radical (unpaired) electrons. The topological polar surface area (TPSA) is 80.0 Å². The van der Waals surface area contributed by atoms with Gasteiger partial charge in [-0.25, -0.2) is 0 Å².